The molecule has 0 fully saturated rings. The van der Waals surface area contributed by atoms with Gasteiger partial charge in [-0.25, -0.2) is 0 Å². The fourth-order valence-electron chi connectivity index (χ4n) is 2.24. The molecule has 1 amide bonds. The largest absolute Gasteiger partial charge is 0.492 e. The zero-order valence-corrected chi connectivity index (χ0v) is 14.2. The topological polar surface area (TPSA) is 58.2 Å². The number of benzene rings is 2. The predicted octanol–water partition coefficient (Wildman–Crippen LogP) is 3.48. The van der Waals surface area contributed by atoms with Crippen molar-refractivity contribution in [3.63, 3.8) is 0 Å². The summed E-state index contributed by atoms with van der Waals surface area (Å²) in [6.45, 7) is 0.905. The lowest BCUT2D eigenvalue weighted by molar-refractivity contribution is 0.0770. The maximum absolute atomic E-state index is 12.5. The summed E-state index contributed by atoms with van der Waals surface area (Å²) in [4.78, 5) is 14.1. The molecule has 2 aromatic carbocycles. The highest BCUT2D eigenvalue weighted by atomic mass is 79.9. The third-order valence-corrected chi connectivity index (χ3v) is 4.06. The van der Waals surface area contributed by atoms with Crippen molar-refractivity contribution in [3.8, 4) is 5.75 Å². The van der Waals surface area contributed by atoms with Gasteiger partial charge in [-0.1, -0.05) is 34.1 Å². The van der Waals surface area contributed by atoms with E-state index in [1.54, 1.807) is 11.9 Å². The van der Waals surface area contributed by atoms with E-state index >= 15 is 0 Å². The number of amides is 1. The average Bonchev–Trinajstić information content (AvgIpc) is 3.00. The summed E-state index contributed by atoms with van der Waals surface area (Å²) in [6, 6.07) is 15.2. The van der Waals surface area contributed by atoms with Crippen LogP contribution < -0.4 is 4.74 Å². The fraction of sp³-hybridized carbons (Fsp3) is 0.176. The Hall–Kier alpha value is -2.34. The van der Waals surface area contributed by atoms with Crippen LogP contribution in [0.25, 0.3) is 10.9 Å². The second-order valence-electron chi connectivity index (χ2n) is 5.15. The first-order valence-corrected chi connectivity index (χ1v) is 8.01. The van der Waals surface area contributed by atoms with Gasteiger partial charge in [0.15, 0.2) is 5.69 Å². The number of rotatable bonds is 5. The summed E-state index contributed by atoms with van der Waals surface area (Å²) in [5.74, 6) is 0.654. The first-order valence-electron chi connectivity index (χ1n) is 7.22. The van der Waals surface area contributed by atoms with E-state index in [-0.39, 0.29) is 5.91 Å². The lowest BCUT2D eigenvalue weighted by Gasteiger charge is -2.16. The Bertz CT molecular complexity index is 814. The van der Waals surface area contributed by atoms with Crippen molar-refractivity contribution in [2.75, 3.05) is 20.2 Å². The molecule has 0 spiro atoms. The summed E-state index contributed by atoms with van der Waals surface area (Å²) in [5, 5.41) is 7.84. The third kappa shape index (κ3) is 3.53. The number of hydrogen-bond acceptors (Lipinski definition) is 3. The molecule has 1 N–H and O–H groups in total. The van der Waals surface area contributed by atoms with Gasteiger partial charge in [-0.05, 0) is 30.3 Å². The second-order valence-corrected chi connectivity index (χ2v) is 6.06. The zero-order chi connectivity index (χ0) is 16.2. The number of nitrogens with one attached hydrogen (secondary N) is 1. The fourth-order valence-corrected chi connectivity index (χ4v) is 2.50. The van der Waals surface area contributed by atoms with Gasteiger partial charge in [0.25, 0.3) is 5.91 Å². The monoisotopic (exact) mass is 373 g/mol. The normalized spacial score (nSPS) is 10.7. The van der Waals surface area contributed by atoms with Crippen LogP contribution in [0.5, 0.6) is 5.75 Å². The molecule has 0 unspecified atom stereocenters. The number of aromatic amines is 1. The minimum Gasteiger partial charge on any atom is -0.492 e. The van der Waals surface area contributed by atoms with E-state index in [1.165, 1.54) is 0 Å². The van der Waals surface area contributed by atoms with Crippen LogP contribution in [-0.4, -0.2) is 41.2 Å². The minimum atomic E-state index is -0.123. The summed E-state index contributed by atoms with van der Waals surface area (Å²) in [7, 11) is 1.75. The molecule has 3 rings (SSSR count). The van der Waals surface area contributed by atoms with Crippen LogP contribution in [-0.2, 0) is 0 Å². The van der Waals surface area contributed by atoms with Crippen molar-refractivity contribution in [1.29, 1.82) is 0 Å². The van der Waals surface area contributed by atoms with E-state index in [9.17, 15) is 4.79 Å². The van der Waals surface area contributed by atoms with Crippen molar-refractivity contribution in [2.45, 2.75) is 0 Å². The summed E-state index contributed by atoms with van der Waals surface area (Å²) in [6.07, 6.45) is 0. The number of halogens is 1. The Morgan fingerprint density at radius 2 is 1.96 bits per heavy atom. The van der Waals surface area contributed by atoms with E-state index in [0.29, 0.717) is 18.8 Å². The number of hydrogen-bond donors (Lipinski definition) is 1. The molecule has 23 heavy (non-hydrogen) atoms. The van der Waals surface area contributed by atoms with E-state index in [1.807, 2.05) is 48.5 Å². The lowest BCUT2D eigenvalue weighted by atomic mass is 10.2. The van der Waals surface area contributed by atoms with Gasteiger partial charge in [0.2, 0.25) is 0 Å². The van der Waals surface area contributed by atoms with Crippen LogP contribution in [0.3, 0.4) is 0 Å². The molecule has 0 aliphatic heterocycles. The van der Waals surface area contributed by atoms with Crippen molar-refractivity contribution < 1.29 is 9.53 Å². The molecule has 0 bridgehead atoms. The van der Waals surface area contributed by atoms with E-state index in [0.717, 1.165) is 21.1 Å². The second kappa shape index (κ2) is 6.83. The van der Waals surface area contributed by atoms with Gasteiger partial charge in [0.1, 0.15) is 12.4 Å². The standard InChI is InChI=1S/C17H16BrN3O2/c1-21(10-11-23-13-8-6-12(18)7-9-13)17(22)16-14-4-2-3-5-15(14)19-20-16/h2-9H,10-11H2,1H3,(H,19,20). The van der Waals surface area contributed by atoms with Gasteiger partial charge in [-0.2, -0.15) is 5.10 Å². The van der Waals surface area contributed by atoms with Crippen LogP contribution in [0.2, 0.25) is 0 Å². The molecule has 1 heterocycles. The number of H-pyrrole nitrogens is 1. The van der Waals surface area contributed by atoms with Crippen LogP contribution in [0.1, 0.15) is 10.5 Å². The van der Waals surface area contributed by atoms with Gasteiger partial charge in [-0.15, -0.1) is 0 Å². The van der Waals surface area contributed by atoms with Gasteiger partial charge in [0.05, 0.1) is 12.1 Å². The van der Waals surface area contributed by atoms with Crippen LogP contribution >= 0.6 is 15.9 Å². The number of carbonyl (C=O) groups excluding carboxylic acids is 1. The first kappa shape index (κ1) is 15.6. The van der Waals surface area contributed by atoms with E-state index in [4.69, 9.17) is 4.74 Å². The molecule has 0 atom stereocenters. The molecule has 0 aliphatic rings. The Kier molecular flexibility index (Phi) is 4.62. The average molecular weight is 374 g/mol. The van der Waals surface area contributed by atoms with Crippen molar-refractivity contribution in [1.82, 2.24) is 15.1 Å². The number of para-hydroxylation sites is 1. The number of likely N-dealkylation sites (N-methyl/N-ethyl adjacent to an activating group) is 1. The zero-order valence-electron chi connectivity index (χ0n) is 12.6. The molecular formula is C17H16BrN3O2. The lowest BCUT2D eigenvalue weighted by Crippen LogP contribution is -2.31. The van der Waals surface area contributed by atoms with Crippen molar-refractivity contribution >= 4 is 32.7 Å². The van der Waals surface area contributed by atoms with Crippen LogP contribution in [0, 0.1) is 0 Å². The molecule has 118 valence electrons. The maximum Gasteiger partial charge on any atom is 0.274 e. The number of aromatic nitrogens is 2. The smallest absolute Gasteiger partial charge is 0.274 e. The quantitative estimate of drug-likeness (QED) is 0.744. The molecule has 5 nitrogen and oxygen atoms in total. The Labute approximate surface area is 142 Å². The highest BCUT2D eigenvalue weighted by molar-refractivity contribution is 9.10. The number of nitrogens with zero attached hydrogens (tertiary/aromatic N) is 2. The molecule has 0 saturated carbocycles. The number of carbonyl (C=O) groups is 1. The van der Waals surface area contributed by atoms with Gasteiger partial charge >= 0.3 is 0 Å². The molecule has 0 aliphatic carbocycles. The maximum atomic E-state index is 12.5. The third-order valence-electron chi connectivity index (χ3n) is 3.53. The summed E-state index contributed by atoms with van der Waals surface area (Å²) in [5.41, 5.74) is 1.29. The highest BCUT2D eigenvalue weighted by Gasteiger charge is 2.17. The summed E-state index contributed by atoms with van der Waals surface area (Å²) < 4.78 is 6.65. The predicted molar refractivity (Wildman–Crippen MR) is 92.7 cm³/mol. The summed E-state index contributed by atoms with van der Waals surface area (Å²) >= 11 is 3.38. The Morgan fingerprint density at radius 1 is 1.22 bits per heavy atom. The van der Waals surface area contributed by atoms with Crippen LogP contribution in [0.15, 0.2) is 53.0 Å². The van der Waals surface area contributed by atoms with E-state index in [2.05, 4.69) is 26.1 Å². The Morgan fingerprint density at radius 3 is 2.74 bits per heavy atom. The van der Waals surface area contributed by atoms with Gasteiger partial charge in [0, 0.05) is 16.9 Å². The first-order chi connectivity index (χ1) is 11.1. The SMILES string of the molecule is CN(CCOc1ccc(Br)cc1)C(=O)c1n[nH]c2ccccc12. The molecule has 6 heteroatoms. The van der Waals surface area contributed by atoms with Crippen LogP contribution in [0.4, 0.5) is 0 Å². The van der Waals surface area contributed by atoms with Crippen molar-refractivity contribution in [3.05, 3.63) is 58.7 Å². The highest BCUT2D eigenvalue weighted by Crippen LogP contribution is 2.17. The minimum absolute atomic E-state index is 0.123. The van der Waals surface area contributed by atoms with E-state index < -0.39 is 0 Å². The number of fused-ring (bicyclic) bond motifs is 1. The molecule has 1 aromatic heterocycles. The van der Waals surface area contributed by atoms with Gasteiger partial charge < -0.3 is 9.64 Å². The van der Waals surface area contributed by atoms with Gasteiger partial charge in [-0.3, -0.25) is 9.89 Å². The Balaban J connectivity index is 1.60. The number of ether oxygens (including phenoxy) is 1. The molecule has 0 saturated heterocycles. The molecular weight excluding hydrogens is 358 g/mol. The molecule has 0 radical (unpaired) electrons. The van der Waals surface area contributed by atoms with Crippen molar-refractivity contribution in [2.24, 2.45) is 0 Å². The molecule has 3 aromatic rings.